The maximum absolute atomic E-state index is 12.3. The van der Waals surface area contributed by atoms with Gasteiger partial charge in [-0.1, -0.05) is 0 Å². The molecule has 1 aromatic rings. The lowest BCUT2D eigenvalue weighted by atomic mass is 9.72. The van der Waals surface area contributed by atoms with Gasteiger partial charge in [0.15, 0.2) is 0 Å². The van der Waals surface area contributed by atoms with Crippen molar-refractivity contribution in [3.05, 3.63) is 22.8 Å². The summed E-state index contributed by atoms with van der Waals surface area (Å²) >= 11 is 0. The maximum Gasteiger partial charge on any atom is 0.489 e. The lowest BCUT2D eigenvalue weighted by molar-refractivity contribution is 0.0139. The molecule has 0 atom stereocenters. The van der Waals surface area contributed by atoms with Crippen LogP contribution in [0.15, 0.2) is 6.07 Å². The number of carbonyl (C=O) groups is 1. The summed E-state index contributed by atoms with van der Waals surface area (Å²) in [6.45, 7) is 16.7. The molecule has 3 rings (SSSR count). The van der Waals surface area contributed by atoms with Gasteiger partial charge in [0.25, 0.3) is 0 Å². The zero-order valence-corrected chi connectivity index (χ0v) is 19.6. The van der Waals surface area contributed by atoms with Crippen LogP contribution in [0.3, 0.4) is 0 Å². The van der Waals surface area contributed by atoms with E-state index in [4.69, 9.17) is 4.74 Å². The number of anilines is 1. The highest BCUT2D eigenvalue weighted by Crippen LogP contribution is 2.25. The van der Waals surface area contributed by atoms with E-state index in [0.29, 0.717) is 25.1 Å². The molecular formula is C22H37BN4O4. The Balaban J connectivity index is 1.74. The third-order valence-electron chi connectivity index (χ3n) is 6.12. The minimum atomic E-state index is -1.49. The van der Waals surface area contributed by atoms with E-state index in [-0.39, 0.29) is 6.09 Å². The van der Waals surface area contributed by atoms with Crippen LogP contribution in [-0.2, 0) is 11.3 Å². The predicted octanol–water partition coefficient (Wildman–Crippen LogP) is 0.446. The zero-order chi connectivity index (χ0) is 22.8. The second kappa shape index (κ2) is 9.77. The van der Waals surface area contributed by atoms with Crippen molar-refractivity contribution < 1.29 is 19.6 Å². The first-order valence-corrected chi connectivity index (χ1v) is 11.2. The highest BCUT2D eigenvalue weighted by atomic mass is 16.6. The van der Waals surface area contributed by atoms with E-state index in [9.17, 15) is 14.8 Å². The van der Waals surface area contributed by atoms with E-state index in [0.717, 1.165) is 61.6 Å². The van der Waals surface area contributed by atoms with Crippen LogP contribution >= 0.6 is 0 Å². The molecule has 2 aliphatic heterocycles. The Kier molecular flexibility index (Phi) is 7.52. The van der Waals surface area contributed by atoms with E-state index in [1.165, 1.54) is 0 Å². The van der Waals surface area contributed by atoms with Gasteiger partial charge in [-0.2, -0.15) is 0 Å². The highest BCUT2D eigenvalue weighted by molar-refractivity contribution is 6.60. The summed E-state index contributed by atoms with van der Waals surface area (Å²) in [5, 5.41) is 23.5. The molecule has 0 radical (unpaired) electrons. The molecule has 2 saturated heterocycles. The Labute approximate surface area is 186 Å². The van der Waals surface area contributed by atoms with Gasteiger partial charge in [-0.15, -0.1) is 0 Å². The molecule has 172 valence electrons. The van der Waals surface area contributed by atoms with Gasteiger partial charge >= 0.3 is 13.2 Å². The Hall–Kier alpha value is -1.81. The summed E-state index contributed by atoms with van der Waals surface area (Å²) in [5.41, 5.74) is 4.17. The number of nitrogens with one attached hydrogen (secondary N) is 1. The molecule has 2 heterocycles. The third-order valence-corrected chi connectivity index (χ3v) is 6.12. The van der Waals surface area contributed by atoms with E-state index < -0.39 is 12.7 Å². The summed E-state index contributed by atoms with van der Waals surface area (Å²) in [5.74, 6) is 0. The molecule has 1 amide bonds. The van der Waals surface area contributed by atoms with Crippen LogP contribution in [0.2, 0.25) is 0 Å². The van der Waals surface area contributed by atoms with Gasteiger partial charge in [-0.25, -0.2) is 4.79 Å². The topological polar surface area (TPSA) is 88.5 Å². The summed E-state index contributed by atoms with van der Waals surface area (Å²) < 4.78 is 5.49. The van der Waals surface area contributed by atoms with Crippen LogP contribution in [0.1, 0.15) is 37.5 Å². The number of hydrogen-bond donors (Lipinski definition) is 3. The molecule has 8 nitrogen and oxygen atoms in total. The first-order chi connectivity index (χ1) is 14.6. The quantitative estimate of drug-likeness (QED) is 0.596. The predicted molar refractivity (Wildman–Crippen MR) is 124 cm³/mol. The summed E-state index contributed by atoms with van der Waals surface area (Å²) in [7, 11) is -1.49. The first-order valence-electron chi connectivity index (χ1n) is 11.2. The van der Waals surface area contributed by atoms with Gasteiger partial charge in [-0.05, 0) is 62.8 Å². The molecule has 0 spiro atoms. The fourth-order valence-corrected chi connectivity index (χ4v) is 4.42. The molecular weight excluding hydrogens is 395 g/mol. The standard InChI is InChI=1S/C22H37BN4O4/c1-16-18(15-25-10-12-27(13-11-25)21(28)31-22(3,4)5)14-19(17(2)20(16)23(29)30)26-8-6-24-7-9-26/h14,24,29-30H,6-13,15H2,1-5H3. The maximum atomic E-state index is 12.3. The summed E-state index contributed by atoms with van der Waals surface area (Å²) in [4.78, 5) is 18.7. The highest BCUT2D eigenvalue weighted by Gasteiger charge is 2.28. The molecule has 2 aliphatic rings. The van der Waals surface area contributed by atoms with Crippen molar-refractivity contribution in [3.63, 3.8) is 0 Å². The van der Waals surface area contributed by atoms with Crippen molar-refractivity contribution in [3.8, 4) is 0 Å². The van der Waals surface area contributed by atoms with Crippen LogP contribution in [0.5, 0.6) is 0 Å². The molecule has 31 heavy (non-hydrogen) atoms. The van der Waals surface area contributed by atoms with Crippen molar-refractivity contribution in [2.75, 3.05) is 57.3 Å². The fraction of sp³-hybridized carbons (Fsp3) is 0.682. The Morgan fingerprint density at radius 3 is 2.23 bits per heavy atom. The van der Waals surface area contributed by atoms with E-state index >= 15 is 0 Å². The van der Waals surface area contributed by atoms with Gasteiger partial charge in [0.2, 0.25) is 0 Å². The molecule has 0 saturated carbocycles. The normalized spacial score (nSPS) is 18.3. The van der Waals surface area contributed by atoms with Gasteiger partial charge in [-0.3, -0.25) is 4.90 Å². The number of ether oxygens (including phenoxy) is 1. The second-order valence-electron chi connectivity index (χ2n) is 9.57. The number of rotatable bonds is 4. The lowest BCUT2D eigenvalue weighted by Gasteiger charge is -2.36. The smallest absolute Gasteiger partial charge is 0.444 e. The second-order valence-corrected chi connectivity index (χ2v) is 9.57. The number of piperazine rings is 2. The van der Waals surface area contributed by atoms with Crippen molar-refractivity contribution in [2.24, 2.45) is 0 Å². The van der Waals surface area contributed by atoms with Gasteiger partial charge in [0.05, 0.1) is 0 Å². The molecule has 1 aromatic carbocycles. The Bertz CT molecular complexity index is 783. The van der Waals surface area contributed by atoms with E-state index in [1.807, 2.05) is 34.6 Å². The molecule has 0 bridgehead atoms. The van der Waals surface area contributed by atoms with Crippen LogP contribution in [0.25, 0.3) is 0 Å². The van der Waals surface area contributed by atoms with Crippen LogP contribution in [-0.4, -0.2) is 91.0 Å². The number of amides is 1. The van der Waals surface area contributed by atoms with Gasteiger partial charge in [0, 0.05) is 64.6 Å². The average molecular weight is 432 g/mol. The largest absolute Gasteiger partial charge is 0.489 e. The van der Waals surface area contributed by atoms with E-state index in [1.54, 1.807) is 4.90 Å². The van der Waals surface area contributed by atoms with Crippen LogP contribution < -0.4 is 15.7 Å². The van der Waals surface area contributed by atoms with E-state index in [2.05, 4.69) is 21.2 Å². The molecule has 0 unspecified atom stereocenters. The van der Waals surface area contributed by atoms with Crippen molar-refractivity contribution in [2.45, 2.75) is 46.8 Å². The van der Waals surface area contributed by atoms with Gasteiger partial charge < -0.3 is 29.9 Å². The summed E-state index contributed by atoms with van der Waals surface area (Å²) in [6.07, 6.45) is -0.259. The average Bonchev–Trinajstić information content (AvgIpc) is 2.70. The number of hydrogen-bond acceptors (Lipinski definition) is 7. The lowest BCUT2D eigenvalue weighted by Crippen LogP contribution is -2.50. The SMILES string of the molecule is Cc1c(CN2CCN(C(=O)OC(C)(C)C)CC2)cc(N2CCNCC2)c(C)c1B(O)O. The van der Waals surface area contributed by atoms with Crippen LogP contribution in [0.4, 0.5) is 10.5 Å². The fourth-order valence-electron chi connectivity index (χ4n) is 4.42. The van der Waals surface area contributed by atoms with Crippen LogP contribution in [0, 0.1) is 13.8 Å². The number of carbonyl (C=O) groups excluding carboxylic acids is 1. The summed E-state index contributed by atoms with van der Waals surface area (Å²) in [6, 6.07) is 2.21. The molecule has 0 aliphatic carbocycles. The minimum absolute atomic E-state index is 0.259. The molecule has 2 fully saturated rings. The first kappa shape index (κ1) is 23.8. The minimum Gasteiger partial charge on any atom is -0.444 e. The molecule has 0 aromatic heterocycles. The van der Waals surface area contributed by atoms with Crippen molar-refractivity contribution in [1.82, 2.24) is 15.1 Å². The van der Waals surface area contributed by atoms with Crippen molar-refractivity contribution in [1.29, 1.82) is 0 Å². The Morgan fingerprint density at radius 2 is 1.68 bits per heavy atom. The number of benzene rings is 1. The third kappa shape index (κ3) is 5.91. The van der Waals surface area contributed by atoms with Gasteiger partial charge in [0.1, 0.15) is 5.60 Å². The Morgan fingerprint density at radius 1 is 1.06 bits per heavy atom. The molecule has 3 N–H and O–H groups in total. The van der Waals surface area contributed by atoms with Crippen molar-refractivity contribution >= 4 is 24.4 Å². The molecule has 9 heteroatoms. The monoisotopic (exact) mass is 432 g/mol. The number of nitrogens with zero attached hydrogens (tertiary/aromatic N) is 3. The zero-order valence-electron chi connectivity index (χ0n) is 19.6.